The highest BCUT2D eigenvalue weighted by atomic mass is 32.2. The van der Waals surface area contributed by atoms with Gasteiger partial charge in [-0.3, -0.25) is 0 Å². The molecule has 0 spiro atoms. The van der Waals surface area contributed by atoms with E-state index in [2.05, 4.69) is 40.9 Å². The number of nitrogens with one attached hydrogen (secondary N) is 2. The Kier molecular flexibility index (Phi) is 11.0. The summed E-state index contributed by atoms with van der Waals surface area (Å²) in [5.41, 5.74) is 4.18. The number of urea groups is 1. The number of aryl methyl sites for hydroxylation is 2. The molecule has 0 radical (unpaired) electrons. The number of rotatable bonds is 8. The van der Waals surface area contributed by atoms with Gasteiger partial charge in [-0.05, 0) is 129 Å². The molecule has 3 amide bonds. The third-order valence-electron chi connectivity index (χ3n) is 11.2. The number of halogens is 1. The van der Waals surface area contributed by atoms with Gasteiger partial charge in [-0.25, -0.2) is 22.6 Å². The summed E-state index contributed by atoms with van der Waals surface area (Å²) in [6, 6.07) is 25.5. The number of nitrogens with zero attached hydrogens (tertiary/aromatic N) is 2. The Hall–Kier alpha value is -4.32. The van der Waals surface area contributed by atoms with Crippen molar-refractivity contribution >= 4 is 46.3 Å². The van der Waals surface area contributed by atoms with Crippen molar-refractivity contribution in [1.82, 2.24) is 9.29 Å². The van der Waals surface area contributed by atoms with Crippen molar-refractivity contribution in [2.24, 2.45) is 4.36 Å². The number of benzene rings is 4. The molecule has 0 fully saturated rings. The average molecular weight is 783 g/mol. The van der Waals surface area contributed by atoms with E-state index in [1.165, 1.54) is 28.2 Å². The van der Waals surface area contributed by atoms with Gasteiger partial charge in [-0.2, -0.15) is 0 Å². The van der Waals surface area contributed by atoms with Gasteiger partial charge < -0.3 is 15.0 Å². The highest BCUT2D eigenvalue weighted by Crippen LogP contribution is 2.40. The number of ether oxygens (including phenoxy) is 1. The van der Waals surface area contributed by atoms with Crippen molar-refractivity contribution in [2.45, 2.75) is 115 Å². The van der Waals surface area contributed by atoms with Crippen LogP contribution in [0.5, 0.6) is 0 Å². The maximum absolute atomic E-state index is 17.0. The van der Waals surface area contributed by atoms with Crippen molar-refractivity contribution in [3.8, 4) is 0 Å². The standard InChI is InChI=1S/C44H55FN4O4SSi/c1-42(2,3)53-41(51)49(9)44(7,8)32-26-27-38(37(45)29-32)54(52,47-40(50)46-39-35-24-16-18-30(35)28-31-19-17-25-36(31)39)48-55(43(4,5)6,33-20-12-10-13-21-33)34-22-14-11-15-23-34/h10-15,20-23,26-29H,16-19,24-25H2,1-9H3,(H2,46,47,48,50,52). The largest absolute Gasteiger partial charge is 0.444 e. The number of carbonyl (C=O) groups excluding carboxylic acids is 2. The van der Waals surface area contributed by atoms with E-state index in [0.717, 1.165) is 65.7 Å². The Labute approximate surface area is 327 Å². The first-order valence-electron chi connectivity index (χ1n) is 19.2. The van der Waals surface area contributed by atoms with Crippen LogP contribution >= 0.6 is 0 Å². The van der Waals surface area contributed by atoms with Gasteiger partial charge >= 0.3 is 12.1 Å². The number of hydrogen-bond acceptors (Lipinski definition) is 4. The highest BCUT2D eigenvalue weighted by Gasteiger charge is 2.51. The van der Waals surface area contributed by atoms with Crippen LogP contribution in [0.25, 0.3) is 0 Å². The van der Waals surface area contributed by atoms with Gasteiger partial charge in [-0.1, -0.05) is 93.6 Å². The summed E-state index contributed by atoms with van der Waals surface area (Å²) in [7, 11) is -5.88. The van der Waals surface area contributed by atoms with Crippen molar-refractivity contribution < 1.29 is 22.9 Å². The lowest BCUT2D eigenvalue weighted by molar-refractivity contribution is 0.0103. The van der Waals surface area contributed by atoms with Crippen LogP contribution in [-0.2, 0) is 45.9 Å². The molecule has 2 aliphatic carbocycles. The summed E-state index contributed by atoms with van der Waals surface area (Å²) >= 11 is 0. The fourth-order valence-corrected chi connectivity index (χ4v) is 16.9. The molecular formula is C44H55FN4O4SSi. The molecule has 0 saturated heterocycles. The number of carbonyl (C=O) groups is 2. The van der Waals surface area contributed by atoms with Crippen molar-refractivity contribution in [3.63, 3.8) is 0 Å². The lowest BCUT2D eigenvalue weighted by Gasteiger charge is -2.44. The minimum atomic E-state index is -4.06. The van der Waals surface area contributed by atoms with Crippen LogP contribution in [0.15, 0.2) is 94.2 Å². The molecule has 55 heavy (non-hydrogen) atoms. The Morgan fingerprint density at radius 3 is 1.78 bits per heavy atom. The van der Waals surface area contributed by atoms with Crippen LogP contribution in [-0.4, -0.2) is 42.1 Å². The SMILES string of the molecule is CN(C(=O)OC(C)(C)C)C(C)(C)c1ccc(S(=O)(=NC(=O)Nc2c3c(cc4c2CCC4)CCC3)N[Si](c2ccccc2)(c2ccccc2)C(C)(C)C)c(F)c1. The molecule has 4 aromatic rings. The van der Waals surface area contributed by atoms with Gasteiger partial charge in [0.1, 0.15) is 21.3 Å². The predicted molar refractivity (Wildman–Crippen MR) is 223 cm³/mol. The molecule has 6 rings (SSSR count). The summed E-state index contributed by atoms with van der Waals surface area (Å²) in [6.07, 6.45) is 5.03. The van der Waals surface area contributed by atoms with E-state index < -0.39 is 52.3 Å². The molecule has 0 saturated carbocycles. The fourth-order valence-electron chi connectivity index (χ4n) is 8.09. The Morgan fingerprint density at radius 1 is 0.782 bits per heavy atom. The van der Waals surface area contributed by atoms with E-state index in [1.54, 1.807) is 47.7 Å². The number of hydrogen-bond donors (Lipinski definition) is 2. The van der Waals surface area contributed by atoms with Crippen LogP contribution in [0.2, 0.25) is 5.04 Å². The minimum absolute atomic E-state index is 0.237. The Morgan fingerprint density at radius 2 is 1.31 bits per heavy atom. The second-order valence-corrected chi connectivity index (χ2v) is 24.0. The molecule has 8 nitrogen and oxygen atoms in total. The van der Waals surface area contributed by atoms with Gasteiger partial charge in [0.15, 0.2) is 0 Å². The molecule has 1 unspecified atom stereocenters. The zero-order chi connectivity index (χ0) is 40.0. The minimum Gasteiger partial charge on any atom is -0.444 e. The van der Waals surface area contributed by atoms with Gasteiger partial charge in [0, 0.05) is 12.7 Å². The molecular weight excluding hydrogens is 728 g/mol. The number of amides is 3. The Bertz CT molecular complexity index is 2150. The first kappa shape index (κ1) is 40.3. The van der Waals surface area contributed by atoms with Gasteiger partial charge in [0.25, 0.3) is 0 Å². The maximum Gasteiger partial charge on any atom is 0.410 e. The van der Waals surface area contributed by atoms with Crippen molar-refractivity contribution in [3.05, 3.63) is 119 Å². The van der Waals surface area contributed by atoms with E-state index in [0.29, 0.717) is 5.56 Å². The smallest absolute Gasteiger partial charge is 0.410 e. The average Bonchev–Trinajstić information content (AvgIpc) is 3.79. The summed E-state index contributed by atoms with van der Waals surface area (Å²) in [6.45, 7) is 15.2. The zero-order valence-corrected chi connectivity index (χ0v) is 35.5. The second-order valence-electron chi connectivity index (χ2n) is 17.4. The van der Waals surface area contributed by atoms with Crippen LogP contribution < -0.4 is 20.1 Å². The lowest BCUT2D eigenvalue weighted by atomic mass is 9.93. The first-order chi connectivity index (χ1) is 25.8. The van der Waals surface area contributed by atoms with E-state index in [-0.39, 0.29) is 4.90 Å². The predicted octanol–water partition coefficient (Wildman–Crippen LogP) is 9.03. The molecule has 1 atom stereocenters. The third kappa shape index (κ3) is 7.88. The lowest BCUT2D eigenvalue weighted by Crippen LogP contribution is -2.74. The zero-order valence-electron chi connectivity index (χ0n) is 33.6. The summed E-state index contributed by atoms with van der Waals surface area (Å²) in [5.74, 6) is -0.809. The Balaban J connectivity index is 1.53. The van der Waals surface area contributed by atoms with E-state index in [1.807, 2.05) is 60.7 Å². The van der Waals surface area contributed by atoms with E-state index in [4.69, 9.17) is 4.74 Å². The third-order valence-corrected chi connectivity index (χ3v) is 19.5. The normalized spacial score (nSPS) is 15.5. The summed E-state index contributed by atoms with van der Waals surface area (Å²) in [5, 5.41) is 4.35. The van der Waals surface area contributed by atoms with Crippen molar-refractivity contribution in [1.29, 1.82) is 0 Å². The van der Waals surface area contributed by atoms with Crippen molar-refractivity contribution in [2.75, 3.05) is 12.4 Å². The maximum atomic E-state index is 17.0. The molecule has 4 aromatic carbocycles. The van der Waals surface area contributed by atoms with Gasteiger partial charge in [0.2, 0.25) is 8.24 Å². The topological polar surface area (TPSA) is 100 Å². The highest BCUT2D eigenvalue weighted by molar-refractivity contribution is 7.93. The van der Waals surface area contributed by atoms with Gasteiger partial charge in [-0.15, -0.1) is 4.36 Å². The molecule has 0 bridgehead atoms. The van der Waals surface area contributed by atoms with Gasteiger partial charge in [0.05, 0.1) is 10.4 Å². The molecule has 2 N–H and O–H groups in total. The molecule has 292 valence electrons. The quantitative estimate of drug-likeness (QED) is 0.174. The van der Waals surface area contributed by atoms with Crippen LogP contribution in [0.3, 0.4) is 0 Å². The summed E-state index contributed by atoms with van der Waals surface area (Å²) < 4.78 is 46.7. The van der Waals surface area contributed by atoms with Crippen LogP contribution in [0.1, 0.15) is 96.0 Å². The van der Waals surface area contributed by atoms with E-state index in [9.17, 15) is 9.59 Å². The first-order valence-corrected chi connectivity index (χ1v) is 22.7. The summed E-state index contributed by atoms with van der Waals surface area (Å²) in [4.78, 5) is 28.7. The monoisotopic (exact) mass is 782 g/mol. The molecule has 2 aliphatic rings. The van der Waals surface area contributed by atoms with E-state index >= 15 is 8.60 Å². The van der Waals surface area contributed by atoms with Crippen LogP contribution in [0, 0.1) is 5.82 Å². The number of fused-ring (bicyclic) bond motifs is 2. The van der Waals surface area contributed by atoms with Crippen LogP contribution in [0.4, 0.5) is 19.7 Å². The molecule has 0 aromatic heterocycles. The molecule has 11 heteroatoms. The molecule has 0 aliphatic heterocycles. The molecule has 0 heterocycles. The number of anilines is 1. The second kappa shape index (κ2) is 15.0. The fraction of sp³-hybridized carbons (Fsp3) is 0.409.